The van der Waals surface area contributed by atoms with Gasteiger partial charge in [0.1, 0.15) is 5.82 Å². The minimum absolute atomic E-state index is 0.165. The average Bonchev–Trinajstić information content (AvgIpc) is 2.37. The number of ether oxygens (including phenoxy) is 1. The van der Waals surface area contributed by atoms with E-state index in [1.807, 2.05) is 6.07 Å². The van der Waals surface area contributed by atoms with E-state index in [2.05, 4.69) is 26.1 Å². The Morgan fingerprint density at radius 2 is 2.05 bits per heavy atom. The maximum Gasteiger partial charge on any atom is 0.123 e. The lowest BCUT2D eigenvalue weighted by Gasteiger charge is -2.20. The fraction of sp³-hybridized carbons (Fsp3) is 0.625. The summed E-state index contributed by atoms with van der Waals surface area (Å²) in [5.74, 6) is 0.136. The lowest BCUT2D eigenvalue weighted by molar-refractivity contribution is 0.127. The molecule has 0 bridgehead atoms. The topological polar surface area (TPSA) is 21.3 Å². The van der Waals surface area contributed by atoms with Gasteiger partial charge in [-0.05, 0) is 36.5 Å². The van der Waals surface area contributed by atoms with Gasteiger partial charge in [-0.2, -0.15) is 0 Å². The second kappa shape index (κ2) is 9.05. The Morgan fingerprint density at radius 1 is 1.26 bits per heavy atom. The second-order valence-corrected chi connectivity index (χ2v) is 5.22. The first-order valence-corrected chi connectivity index (χ1v) is 7.20. The molecule has 1 rings (SSSR count). The van der Waals surface area contributed by atoms with Gasteiger partial charge in [0.15, 0.2) is 0 Å². The predicted octanol–water partition coefficient (Wildman–Crippen LogP) is 3.72. The SMILES string of the molecule is CCCOCCC(CNC(C)C)c1cccc(F)c1. The van der Waals surface area contributed by atoms with Gasteiger partial charge in [0, 0.05) is 25.8 Å². The van der Waals surface area contributed by atoms with E-state index in [0.717, 1.165) is 38.2 Å². The van der Waals surface area contributed by atoms with Gasteiger partial charge in [-0.3, -0.25) is 0 Å². The van der Waals surface area contributed by atoms with Crippen LogP contribution in [0.2, 0.25) is 0 Å². The standard InChI is InChI=1S/C16H26FNO/c1-4-9-19-10-8-15(12-18-13(2)3)14-6-5-7-16(17)11-14/h5-7,11,13,15,18H,4,8-10,12H2,1-3H3. The lowest BCUT2D eigenvalue weighted by Crippen LogP contribution is -2.28. The molecule has 0 amide bonds. The smallest absolute Gasteiger partial charge is 0.123 e. The molecule has 0 aliphatic rings. The van der Waals surface area contributed by atoms with E-state index in [1.165, 1.54) is 6.07 Å². The zero-order chi connectivity index (χ0) is 14.1. The van der Waals surface area contributed by atoms with E-state index in [9.17, 15) is 4.39 Å². The molecule has 19 heavy (non-hydrogen) atoms. The van der Waals surface area contributed by atoms with E-state index in [-0.39, 0.29) is 5.82 Å². The molecule has 2 nitrogen and oxygen atoms in total. The molecule has 1 N–H and O–H groups in total. The summed E-state index contributed by atoms with van der Waals surface area (Å²) in [6.45, 7) is 8.73. The Hall–Kier alpha value is -0.930. The normalized spacial score (nSPS) is 12.9. The maximum absolute atomic E-state index is 13.3. The molecular formula is C16H26FNO. The van der Waals surface area contributed by atoms with Gasteiger partial charge in [-0.15, -0.1) is 0 Å². The molecule has 1 aromatic carbocycles. The molecule has 0 heterocycles. The third-order valence-corrected chi connectivity index (χ3v) is 3.05. The number of nitrogens with one attached hydrogen (secondary N) is 1. The predicted molar refractivity (Wildman–Crippen MR) is 78.0 cm³/mol. The summed E-state index contributed by atoms with van der Waals surface area (Å²) < 4.78 is 18.9. The zero-order valence-electron chi connectivity index (χ0n) is 12.3. The lowest BCUT2D eigenvalue weighted by atomic mass is 9.95. The van der Waals surface area contributed by atoms with Crippen molar-refractivity contribution in [2.45, 2.75) is 45.6 Å². The van der Waals surface area contributed by atoms with Crippen molar-refractivity contribution in [3.8, 4) is 0 Å². The Kier molecular flexibility index (Phi) is 7.68. The van der Waals surface area contributed by atoms with Crippen LogP contribution >= 0.6 is 0 Å². The zero-order valence-corrected chi connectivity index (χ0v) is 12.3. The van der Waals surface area contributed by atoms with E-state index >= 15 is 0 Å². The van der Waals surface area contributed by atoms with Crippen LogP contribution in [0.3, 0.4) is 0 Å². The van der Waals surface area contributed by atoms with E-state index in [4.69, 9.17) is 4.74 Å². The maximum atomic E-state index is 13.3. The molecule has 1 atom stereocenters. The highest BCUT2D eigenvalue weighted by atomic mass is 19.1. The fourth-order valence-corrected chi connectivity index (χ4v) is 2.00. The molecule has 3 heteroatoms. The summed E-state index contributed by atoms with van der Waals surface area (Å²) in [5.41, 5.74) is 1.05. The van der Waals surface area contributed by atoms with Crippen LogP contribution in [0.5, 0.6) is 0 Å². The summed E-state index contributed by atoms with van der Waals surface area (Å²) in [7, 11) is 0. The molecule has 0 saturated heterocycles. The quantitative estimate of drug-likeness (QED) is 0.688. The van der Waals surface area contributed by atoms with Gasteiger partial charge in [0.25, 0.3) is 0 Å². The van der Waals surface area contributed by atoms with Crippen LogP contribution in [0.1, 0.15) is 45.1 Å². The van der Waals surface area contributed by atoms with Crippen LogP contribution in [0.4, 0.5) is 4.39 Å². The highest BCUT2D eigenvalue weighted by Crippen LogP contribution is 2.20. The van der Waals surface area contributed by atoms with Crippen molar-refractivity contribution in [1.29, 1.82) is 0 Å². The van der Waals surface area contributed by atoms with Crippen LogP contribution in [0.25, 0.3) is 0 Å². The Bertz CT molecular complexity index is 354. The number of rotatable bonds is 9. The average molecular weight is 267 g/mol. The highest BCUT2D eigenvalue weighted by Gasteiger charge is 2.12. The van der Waals surface area contributed by atoms with Crippen molar-refractivity contribution in [2.24, 2.45) is 0 Å². The molecule has 0 spiro atoms. The molecule has 108 valence electrons. The molecule has 0 aromatic heterocycles. The van der Waals surface area contributed by atoms with Gasteiger partial charge in [-0.25, -0.2) is 4.39 Å². The Labute approximate surface area is 116 Å². The second-order valence-electron chi connectivity index (χ2n) is 5.22. The minimum Gasteiger partial charge on any atom is -0.381 e. The Balaban J connectivity index is 2.57. The van der Waals surface area contributed by atoms with Crippen molar-refractivity contribution in [2.75, 3.05) is 19.8 Å². The summed E-state index contributed by atoms with van der Waals surface area (Å²) >= 11 is 0. The van der Waals surface area contributed by atoms with Crippen LogP contribution in [0.15, 0.2) is 24.3 Å². The van der Waals surface area contributed by atoms with Gasteiger partial charge in [-0.1, -0.05) is 32.9 Å². The first-order valence-electron chi connectivity index (χ1n) is 7.20. The van der Waals surface area contributed by atoms with Gasteiger partial charge in [0.2, 0.25) is 0 Å². The molecule has 1 unspecified atom stereocenters. The van der Waals surface area contributed by atoms with Crippen molar-refractivity contribution < 1.29 is 9.13 Å². The van der Waals surface area contributed by atoms with Crippen LogP contribution < -0.4 is 5.32 Å². The number of hydrogen-bond acceptors (Lipinski definition) is 2. The highest BCUT2D eigenvalue weighted by molar-refractivity contribution is 5.21. The third kappa shape index (κ3) is 6.69. The van der Waals surface area contributed by atoms with Crippen molar-refractivity contribution in [3.63, 3.8) is 0 Å². The summed E-state index contributed by atoms with van der Waals surface area (Å²) in [6.07, 6.45) is 1.96. The molecule has 0 radical (unpaired) electrons. The molecule has 0 fully saturated rings. The summed E-state index contributed by atoms with van der Waals surface area (Å²) in [5, 5.41) is 3.43. The molecule has 0 aliphatic carbocycles. The minimum atomic E-state index is -0.165. The molecule has 0 saturated carbocycles. The van der Waals surface area contributed by atoms with Gasteiger partial charge >= 0.3 is 0 Å². The van der Waals surface area contributed by atoms with Gasteiger partial charge < -0.3 is 10.1 Å². The molecular weight excluding hydrogens is 241 g/mol. The van der Waals surface area contributed by atoms with E-state index in [0.29, 0.717) is 12.0 Å². The largest absolute Gasteiger partial charge is 0.381 e. The summed E-state index contributed by atoms with van der Waals surface area (Å²) in [6, 6.07) is 7.33. The third-order valence-electron chi connectivity index (χ3n) is 3.05. The van der Waals surface area contributed by atoms with Crippen molar-refractivity contribution in [1.82, 2.24) is 5.32 Å². The fourth-order valence-electron chi connectivity index (χ4n) is 2.00. The van der Waals surface area contributed by atoms with Crippen molar-refractivity contribution in [3.05, 3.63) is 35.6 Å². The van der Waals surface area contributed by atoms with Crippen molar-refractivity contribution >= 4 is 0 Å². The van der Waals surface area contributed by atoms with Crippen LogP contribution in [0, 0.1) is 5.82 Å². The molecule has 1 aromatic rings. The van der Waals surface area contributed by atoms with E-state index < -0.39 is 0 Å². The first kappa shape index (κ1) is 16.1. The van der Waals surface area contributed by atoms with Gasteiger partial charge in [0.05, 0.1) is 0 Å². The monoisotopic (exact) mass is 267 g/mol. The number of benzene rings is 1. The number of halogens is 1. The van der Waals surface area contributed by atoms with Crippen LogP contribution in [-0.4, -0.2) is 25.8 Å². The Morgan fingerprint density at radius 3 is 2.68 bits per heavy atom. The van der Waals surface area contributed by atoms with E-state index in [1.54, 1.807) is 12.1 Å². The summed E-state index contributed by atoms with van der Waals surface area (Å²) in [4.78, 5) is 0. The first-order chi connectivity index (χ1) is 9.13. The number of hydrogen-bond donors (Lipinski definition) is 1. The molecule has 0 aliphatic heterocycles. The van der Waals surface area contributed by atoms with Crippen LogP contribution in [-0.2, 0) is 4.74 Å².